The Morgan fingerprint density at radius 1 is 1.33 bits per heavy atom. The first kappa shape index (κ1) is 16.0. The molecule has 1 aliphatic carbocycles. The summed E-state index contributed by atoms with van der Waals surface area (Å²) >= 11 is 0. The predicted molar refractivity (Wildman–Crippen MR) is 85.9 cm³/mol. The Bertz CT molecular complexity index is 458. The number of benzene rings is 1. The van der Waals surface area contributed by atoms with Crippen LogP contribution in [0.2, 0.25) is 0 Å². The lowest BCUT2D eigenvalue weighted by atomic mass is 9.85. The molecule has 0 saturated heterocycles. The van der Waals surface area contributed by atoms with E-state index in [-0.39, 0.29) is 5.91 Å². The van der Waals surface area contributed by atoms with Crippen LogP contribution in [-0.4, -0.2) is 37.0 Å². The molecule has 1 saturated carbocycles. The van der Waals surface area contributed by atoms with E-state index < -0.39 is 5.54 Å². The van der Waals surface area contributed by atoms with Gasteiger partial charge < -0.3 is 16.0 Å². The van der Waals surface area contributed by atoms with Crippen molar-refractivity contribution in [1.29, 1.82) is 0 Å². The largest absolute Gasteiger partial charge is 0.368 e. The van der Waals surface area contributed by atoms with Gasteiger partial charge in [0, 0.05) is 12.6 Å². The summed E-state index contributed by atoms with van der Waals surface area (Å²) in [5, 5.41) is 3.19. The van der Waals surface area contributed by atoms with Crippen LogP contribution in [0.1, 0.15) is 38.2 Å². The van der Waals surface area contributed by atoms with Crippen molar-refractivity contribution in [3.8, 4) is 0 Å². The molecule has 1 atom stereocenters. The number of hydrogen-bond donors (Lipinski definition) is 2. The highest BCUT2D eigenvalue weighted by atomic mass is 16.1. The smallest absolute Gasteiger partial charge is 0.242 e. The van der Waals surface area contributed by atoms with E-state index in [0.29, 0.717) is 12.5 Å². The first-order valence-electron chi connectivity index (χ1n) is 7.92. The maximum Gasteiger partial charge on any atom is 0.242 e. The minimum Gasteiger partial charge on any atom is -0.368 e. The first-order chi connectivity index (χ1) is 10.1. The molecule has 4 nitrogen and oxygen atoms in total. The van der Waals surface area contributed by atoms with Gasteiger partial charge in [-0.1, -0.05) is 37.3 Å². The second kappa shape index (κ2) is 7.05. The molecule has 1 aliphatic rings. The van der Waals surface area contributed by atoms with Gasteiger partial charge in [-0.3, -0.25) is 4.79 Å². The Balaban J connectivity index is 2.14. The molecule has 1 fully saturated rings. The van der Waals surface area contributed by atoms with Crippen molar-refractivity contribution in [1.82, 2.24) is 10.2 Å². The highest BCUT2D eigenvalue weighted by Crippen LogP contribution is 2.30. The maximum absolute atomic E-state index is 12.2. The zero-order chi connectivity index (χ0) is 15.3. The molecule has 0 heterocycles. The van der Waals surface area contributed by atoms with Crippen LogP contribution in [0.15, 0.2) is 30.3 Å². The van der Waals surface area contributed by atoms with Crippen LogP contribution >= 0.6 is 0 Å². The third-order valence-corrected chi connectivity index (χ3v) is 4.46. The fourth-order valence-electron chi connectivity index (χ4n) is 3.04. The van der Waals surface area contributed by atoms with E-state index in [9.17, 15) is 4.79 Å². The van der Waals surface area contributed by atoms with Crippen LogP contribution in [0.3, 0.4) is 0 Å². The lowest BCUT2D eigenvalue weighted by Crippen LogP contribution is -2.53. The number of carbonyl (C=O) groups is 1. The summed E-state index contributed by atoms with van der Waals surface area (Å²) in [6, 6.07) is 10.5. The molecule has 0 bridgehead atoms. The minimum atomic E-state index is -0.776. The van der Waals surface area contributed by atoms with Gasteiger partial charge in [-0.05, 0) is 44.8 Å². The molecule has 1 aromatic rings. The van der Waals surface area contributed by atoms with Crippen LogP contribution in [-0.2, 0) is 10.3 Å². The summed E-state index contributed by atoms with van der Waals surface area (Å²) in [6.07, 6.45) is 4.42. The van der Waals surface area contributed by atoms with Gasteiger partial charge in [0.2, 0.25) is 5.91 Å². The number of carbonyl (C=O) groups excluding carboxylic acids is 1. The molecule has 1 amide bonds. The van der Waals surface area contributed by atoms with Crippen molar-refractivity contribution in [3.05, 3.63) is 35.9 Å². The molecule has 0 aromatic heterocycles. The van der Waals surface area contributed by atoms with Gasteiger partial charge in [0.05, 0.1) is 0 Å². The fraction of sp³-hybridized carbons (Fsp3) is 0.588. The summed E-state index contributed by atoms with van der Waals surface area (Å²) in [5.74, 6) is -0.302. The number of nitrogens with one attached hydrogen (secondary N) is 1. The number of amides is 1. The summed E-state index contributed by atoms with van der Waals surface area (Å²) < 4.78 is 0. The molecule has 0 radical (unpaired) electrons. The van der Waals surface area contributed by atoms with Crippen molar-refractivity contribution in [2.45, 2.75) is 44.2 Å². The number of nitrogens with two attached hydrogens (primary N) is 1. The SMILES string of the molecule is CCCN(CCC(NC)(C(N)=O)c1ccccc1)C1CC1. The van der Waals surface area contributed by atoms with E-state index in [1.165, 1.54) is 12.8 Å². The van der Waals surface area contributed by atoms with Gasteiger partial charge in [0.15, 0.2) is 0 Å². The van der Waals surface area contributed by atoms with Crippen molar-refractivity contribution >= 4 is 5.91 Å². The lowest BCUT2D eigenvalue weighted by molar-refractivity contribution is -0.125. The number of primary amides is 1. The second-order valence-electron chi connectivity index (χ2n) is 5.90. The predicted octanol–water partition coefficient (Wildman–Crippen LogP) is 1.85. The van der Waals surface area contributed by atoms with Crippen molar-refractivity contribution in [3.63, 3.8) is 0 Å². The highest BCUT2D eigenvalue weighted by Gasteiger charge is 2.38. The van der Waals surface area contributed by atoms with E-state index >= 15 is 0 Å². The second-order valence-corrected chi connectivity index (χ2v) is 5.90. The number of rotatable bonds is 9. The van der Waals surface area contributed by atoms with Gasteiger partial charge in [-0.2, -0.15) is 0 Å². The minimum absolute atomic E-state index is 0.302. The number of likely N-dealkylation sites (N-methyl/N-ethyl adjacent to an activating group) is 1. The molecule has 3 N–H and O–H groups in total. The van der Waals surface area contributed by atoms with Crippen LogP contribution in [0.4, 0.5) is 0 Å². The van der Waals surface area contributed by atoms with Crippen LogP contribution in [0.25, 0.3) is 0 Å². The number of nitrogens with zero attached hydrogens (tertiary/aromatic N) is 1. The zero-order valence-electron chi connectivity index (χ0n) is 13.1. The van der Waals surface area contributed by atoms with Gasteiger partial charge in [-0.15, -0.1) is 0 Å². The van der Waals surface area contributed by atoms with Gasteiger partial charge in [0.1, 0.15) is 5.54 Å². The van der Waals surface area contributed by atoms with Gasteiger partial charge in [-0.25, -0.2) is 0 Å². The quantitative estimate of drug-likeness (QED) is 0.729. The monoisotopic (exact) mass is 289 g/mol. The van der Waals surface area contributed by atoms with Gasteiger partial charge >= 0.3 is 0 Å². The van der Waals surface area contributed by atoms with Crippen molar-refractivity contribution in [2.75, 3.05) is 20.1 Å². The summed E-state index contributed by atoms with van der Waals surface area (Å²) in [7, 11) is 1.82. The Morgan fingerprint density at radius 3 is 2.48 bits per heavy atom. The summed E-state index contributed by atoms with van der Waals surface area (Å²) in [4.78, 5) is 14.6. The molecule has 4 heteroatoms. The topological polar surface area (TPSA) is 58.4 Å². The van der Waals surface area contributed by atoms with E-state index in [2.05, 4.69) is 17.1 Å². The zero-order valence-corrected chi connectivity index (χ0v) is 13.1. The molecule has 1 aromatic carbocycles. The molecule has 1 unspecified atom stereocenters. The van der Waals surface area contributed by atoms with Crippen molar-refractivity contribution < 1.29 is 4.79 Å². The Labute approximate surface area is 127 Å². The average molecular weight is 289 g/mol. The standard InChI is InChI=1S/C17H27N3O/c1-3-12-20(15-9-10-15)13-11-17(19-2,16(18)21)14-7-5-4-6-8-14/h4-8,15,19H,3,9-13H2,1-2H3,(H2,18,21). The van der Waals surface area contributed by atoms with E-state index in [1.807, 2.05) is 37.4 Å². The fourth-order valence-corrected chi connectivity index (χ4v) is 3.04. The third-order valence-electron chi connectivity index (χ3n) is 4.46. The lowest BCUT2D eigenvalue weighted by Gasteiger charge is -2.33. The third kappa shape index (κ3) is 3.63. The molecular formula is C17H27N3O. The van der Waals surface area contributed by atoms with Crippen molar-refractivity contribution in [2.24, 2.45) is 5.73 Å². The molecule has 0 spiro atoms. The van der Waals surface area contributed by atoms with Crippen LogP contribution in [0.5, 0.6) is 0 Å². The van der Waals surface area contributed by atoms with Crippen LogP contribution < -0.4 is 11.1 Å². The average Bonchev–Trinajstić information content (AvgIpc) is 3.32. The molecule has 0 aliphatic heterocycles. The van der Waals surface area contributed by atoms with E-state index in [1.54, 1.807) is 0 Å². The molecule has 2 rings (SSSR count). The summed E-state index contributed by atoms with van der Waals surface area (Å²) in [6.45, 7) is 4.20. The van der Waals surface area contributed by atoms with Crippen LogP contribution in [0, 0.1) is 0 Å². The first-order valence-corrected chi connectivity index (χ1v) is 7.92. The van der Waals surface area contributed by atoms with Gasteiger partial charge in [0.25, 0.3) is 0 Å². The Kier molecular flexibility index (Phi) is 5.37. The van der Waals surface area contributed by atoms with E-state index in [0.717, 1.165) is 25.1 Å². The Hall–Kier alpha value is -1.39. The number of hydrogen-bond acceptors (Lipinski definition) is 3. The maximum atomic E-state index is 12.2. The summed E-state index contributed by atoms with van der Waals surface area (Å²) in [5.41, 5.74) is 5.92. The molecule has 116 valence electrons. The Morgan fingerprint density at radius 2 is 2.00 bits per heavy atom. The normalized spacial score (nSPS) is 17.7. The highest BCUT2D eigenvalue weighted by molar-refractivity contribution is 5.86. The molecule has 21 heavy (non-hydrogen) atoms. The van der Waals surface area contributed by atoms with E-state index in [4.69, 9.17) is 5.73 Å². The molecular weight excluding hydrogens is 262 g/mol.